The summed E-state index contributed by atoms with van der Waals surface area (Å²) in [6.45, 7) is 0.581. The monoisotopic (exact) mass is 563 g/mol. The van der Waals surface area contributed by atoms with Crippen LogP contribution in [0.5, 0.6) is 0 Å². The van der Waals surface area contributed by atoms with Crippen molar-refractivity contribution in [3.63, 3.8) is 0 Å². The fourth-order valence-electron chi connectivity index (χ4n) is 3.82. The Bertz CT molecular complexity index is 1470. The van der Waals surface area contributed by atoms with Gasteiger partial charge in [-0.25, -0.2) is 18.0 Å². The maximum atomic E-state index is 13.1. The first-order valence-corrected chi connectivity index (χ1v) is 13.6. The SMILES string of the molecule is COC(=O)c1c(NC(=O)c2cccc(NS(=O)(=O)c3ccc(Cl)cc3)c2)sc2c1CCN(C(=O)OC)C2. The Morgan fingerprint density at radius 2 is 1.78 bits per heavy atom. The molecule has 0 saturated carbocycles. The molecule has 2 heterocycles. The van der Waals surface area contributed by atoms with E-state index in [1.807, 2.05) is 0 Å². The molecule has 0 fully saturated rings. The predicted molar refractivity (Wildman–Crippen MR) is 139 cm³/mol. The van der Waals surface area contributed by atoms with E-state index in [-0.39, 0.29) is 33.3 Å². The summed E-state index contributed by atoms with van der Waals surface area (Å²) in [5.74, 6) is -1.16. The van der Waals surface area contributed by atoms with Crippen molar-refractivity contribution in [1.82, 2.24) is 4.90 Å². The second-order valence-electron chi connectivity index (χ2n) is 7.94. The zero-order valence-corrected chi connectivity index (χ0v) is 22.1. The maximum absolute atomic E-state index is 13.1. The van der Waals surface area contributed by atoms with E-state index >= 15 is 0 Å². The third kappa shape index (κ3) is 5.71. The van der Waals surface area contributed by atoms with Crippen LogP contribution >= 0.6 is 22.9 Å². The molecule has 1 aliphatic rings. The number of esters is 1. The quantitative estimate of drug-likeness (QED) is 0.426. The van der Waals surface area contributed by atoms with Crippen molar-refractivity contribution in [3.05, 3.63) is 75.1 Å². The lowest BCUT2D eigenvalue weighted by Gasteiger charge is -2.25. The number of nitrogens with zero attached hydrogens (tertiary/aromatic N) is 1. The summed E-state index contributed by atoms with van der Waals surface area (Å²) >= 11 is 7.00. The lowest BCUT2D eigenvalue weighted by Crippen LogP contribution is -2.35. The van der Waals surface area contributed by atoms with Gasteiger partial charge in [0.05, 0.1) is 31.2 Å². The van der Waals surface area contributed by atoms with Crippen LogP contribution in [-0.4, -0.2) is 52.1 Å². The van der Waals surface area contributed by atoms with Gasteiger partial charge >= 0.3 is 12.1 Å². The van der Waals surface area contributed by atoms with Crippen LogP contribution in [0.25, 0.3) is 0 Å². The highest BCUT2D eigenvalue weighted by Crippen LogP contribution is 2.38. The molecular formula is C24H22ClN3O7S2. The topological polar surface area (TPSA) is 131 Å². The van der Waals surface area contributed by atoms with Crippen LogP contribution in [0.1, 0.15) is 31.2 Å². The van der Waals surface area contributed by atoms with Gasteiger partial charge in [0.25, 0.3) is 15.9 Å². The summed E-state index contributed by atoms with van der Waals surface area (Å²) in [5.41, 5.74) is 1.28. The molecule has 194 valence electrons. The smallest absolute Gasteiger partial charge is 0.409 e. The minimum absolute atomic E-state index is 0.0136. The second-order valence-corrected chi connectivity index (χ2v) is 11.2. The fraction of sp³-hybridized carbons (Fsp3) is 0.208. The Morgan fingerprint density at radius 1 is 1.05 bits per heavy atom. The van der Waals surface area contributed by atoms with Gasteiger partial charge in [0.2, 0.25) is 0 Å². The molecule has 0 radical (unpaired) electrons. The van der Waals surface area contributed by atoms with Crippen LogP contribution in [0.3, 0.4) is 0 Å². The van der Waals surface area contributed by atoms with Gasteiger partial charge in [0, 0.05) is 27.7 Å². The number of hydrogen-bond acceptors (Lipinski definition) is 8. The summed E-state index contributed by atoms with van der Waals surface area (Å²) in [6.07, 6.45) is -0.0921. The Morgan fingerprint density at radius 3 is 2.46 bits per heavy atom. The summed E-state index contributed by atoms with van der Waals surface area (Å²) in [7, 11) is -1.37. The molecule has 0 unspecified atom stereocenters. The van der Waals surface area contributed by atoms with Crippen molar-refractivity contribution < 1.29 is 32.3 Å². The van der Waals surface area contributed by atoms with E-state index in [1.54, 1.807) is 0 Å². The molecule has 2 N–H and O–H groups in total. The standard InChI is InChI=1S/C24H22ClN3O7S2/c1-34-23(30)20-18-10-11-28(24(31)35-2)13-19(18)36-22(20)26-21(29)14-4-3-5-16(12-14)27-37(32,33)17-8-6-15(25)7-9-17/h3-9,12,27H,10-11,13H2,1-2H3,(H,26,29). The lowest BCUT2D eigenvalue weighted by molar-refractivity contribution is 0.0600. The van der Waals surface area contributed by atoms with Gasteiger partial charge in [-0.1, -0.05) is 17.7 Å². The van der Waals surface area contributed by atoms with Crippen molar-refractivity contribution in [2.75, 3.05) is 30.8 Å². The average Bonchev–Trinajstić information content (AvgIpc) is 3.24. The molecule has 0 bridgehead atoms. The van der Waals surface area contributed by atoms with Gasteiger partial charge < -0.3 is 19.7 Å². The van der Waals surface area contributed by atoms with Crippen LogP contribution in [0.4, 0.5) is 15.5 Å². The largest absolute Gasteiger partial charge is 0.465 e. The minimum atomic E-state index is -3.91. The van der Waals surface area contributed by atoms with Crippen molar-refractivity contribution in [1.29, 1.82) is 0 Å². The third-order valence-corrected chi connectivity index (χ3v) is 8.39. The zero-order chi connectivity index (χ0) is 26.7. The van der Waals surface area contributed by atoms with Gasteiger partial charge in [-0.2, -0.15) is 0 Å². The number of ether oxygens (including phenoxy) is 2. The number of carbonyl (C=O) groups is 3. The Kier molecular flexibility index (Phi) is 7.71. The number of benzene rings is 2. The second kappa shape index (κ2) is 10.8. The number of halogens is 1. The predicted octanol–water partition coefficient (Wildman–Crippen LogP) is 4.37. The number of rotatable bonds is 6. The first-order chi connectivity index (χ1) is 17.6. The van der Waals surface area contributed by atoms with Gasteiger partial charge in [0.15, 0.2) is 0 Å². The molecule has 0 spiro atoms. The highest BCUT2D eigenvalue weighted by Gasteiger charge is 2.31. The number of hydrogen-bond donors (Lipinski definition) is 2. The Labute approximate surface area is 222 Å². The molecule has 3 aromatic rings. The molecule has 1 aromatic heterocycles. The fourth-order valence-corrected chi connectivity index (χ4v) is 6.24. The first kappa shape index (κ1) is 26.5. The highest BCUT2D eigenvalue weighted by atomic mass is 35.5. The molecule has 37 heavy (non-hydrogen) atoms. The molecule has 1 aliphatic heterocycles. The number of amides is 2. The van der Waals surface area contributed by atoms with Crippen molar-refractivity contribution in [3.8, 4) is 0 Å². The molecule has 10 nitrogen and oxygen atoms in total. The molecule has 0 aliphatic carbocycles. The van der Waals surface area contributed by atoms with Gasteiger partial charge in [-0.3, -0.25) is 9.52 Å². The number of sulfonamides is 1. The number of anilines is 2. The molecule has 4 rings (SSSR count). The summed E-state index contributed by atoms with van der Waals surface area (Å²) in [5, 5.41) is 3.42. The van der Waals surface area contributed by atoms with E-state index in [0.29, 0.717) is 23.6 Å². The number of fused-ring (bicyclic) bond motifs is 1. The summed E-state index contributed by atoms with van der Waals surface area (Å²) in [4.78, 5) is 39.9. The zero-order valence-electron chi connectivity index (χ0n) is 19.7. The number of methoxy groups -OCH3 is 2. The average molecular weight is 564 g/mol. The van der Waals surface area contributed by atoms with E-state index < -0.39 is 28.0 Å². The van der Waals surface area contributed by atoms with E-state index in [9.17, 15) is 22.8 Å². The van der Waals surface area contributed by atoms with Gasteiger partial charge in [0.1, 0.15) is 5.00 Å². The number of carbonyl (C=O) groups excluding carboxylic acids is 3. The van der Waals surface area contributed by atoms with E-state index in [2.05, 4.69) is 10.0 Å². The van der Waals surface area contributed by atoms with E-state index in [4.69, 9.17) is 21.1 Å². The van der Waals surface area contributed by atoms with Crippen LogP contribution in [-0.2, 0) is 32.5 Å². The van der Waals surface area contributed by atoms with E-state index in [0.717, 1.165) is 4.88 Å². The van der Waals surface area contributed by atoms with Crippen molar-refractivity contribution in [2.45, 2.75) is 17.9 Å². The summed E-state index contributed by atoms with van der Waals surface area (Å²) < 4.78 is 37.6. The van der Waals surface area contributed by atoms with Crippen LogP contribution < -0.4 is 10.0 Å². The highest BCUT2D eigenvalue weighted by molar-refractivity contribution is 7.92. The van der Waals surface area contributed by atoms with Crippen molar-refractivity contribution in [2.24, 2.45) is 0 Å². The molecule has 2 aromatic carbocycles. The Balaban J connectivity index is 1.57. The maximum Gasteiger partial charge on any atom is 0.409 e. The normalized spacial score (nSPS) is 12.9. The molecule has 13 heteroatoms. The Hall–Kier alpha value is -3.61. The molecular weight excluding hydrogens is 542 g/mol. The van der Waals surface area contributed by atoms with Crippen LogP contribution in [0, 0.1) is 0 Å². The molecule has 2 amide bonds. The number of thiophene rings is 1. The molecule has 0 atom stereocenters. The van der Waals surface area contributed by atoms with E-state index in [1.165, 1.54) is 79.0 Å². The third-order valence-electron chi connectivity index (χ3n) is 5.61. The molecule has 0 saturated heterocycles. The lowest BCUT2D eigenvalue weighted by atomic mass is 10.0. The van der Waals surface area contributed by atoms with Crippen LogP contribution in [0.15, 0.2) is 53.4 Å². The van der Waals surface area contributed by atoms with Crippen LogP contribution in [0.2, 0.25) is 5.02 Å². The minimum Gasteiger partial charge on any atom is -0.465 e. The summed E-state index contributed by atoms with van der Waals surface area (Å²) in [6, 6.07) is 11.6. The van der Waals surface area contributed by atoms with Gasteiger partial charge in [-0.15, -0.1) is 11.3 Å². The van der Waals surface area contributed by atoms with Crippen molar-refractivity contribution >= 4 is 61.6 Å². The number of nitrogens with one attached hydrogen (secondary N) is 2. The first-order valence-electron chi connectivity index (χ1n) is 10.9. The van der Waals surface area contributed by atoms with Gasteiger partial charge in [-0.05, 0) is 54.4 Å².